The average Bonchev–Trinajstić information content (AvgIpc) is 2.12. The average molecular weight is 176 g/mol. The summed E-state index contributed by atoms with van der Waals surface area (Å²) in [5.41, 5.74) is -0.0828. The summed E-state index contributed by atoms with van der Waals surface area (Å²) in [6.07, 6.45) is 2.97. The van der Waals surface area contributed by atoms with E-state index in [0.717, 1.165) is 0 Å². The standard InChI is InChI=1S/C9H8N2O2/c1-10-6-4-7-3-2-5-11(13)8(7)9(10)12/h2-6H,1H3. The number of hydrogen-bond donors (Lipinski definition) is 0. The van der Waals surface area contributed by atoms with Crippen LogP contribution in [-0.4, -0.2) is 4.57 Å². The summed E-state index contributed by atoms with van der Waals surface area (Å²) in [4.78, 5) is 11.5. The SMILES string of the molecule is Cn1ccc2ccc[n+]([O-])c2c1=O. The lowest BCUT2D eigenvalue weighted by atomic mass is 10.2. The zero-order chi connectivity index (χ0) is 9.42. The second-order valence-corrected chi connectivity index (χ2v) is 2.87. The third-order valence-corrected chi connectivity index (χ3v) is 1.99. The predicted molar refractivity (Wildman–Crippen MR) is 48.1 cm³/mol. The second kappa shape index (κ2) is 2.58. The molecule has 0 aliphatic rings. The Morgan fingerprint density at radius 1 is 1.46 bits per heavy atom. The smallest absolute Gasteiger partial charge is 0.324 e. The number of aromatic nitrogens is 2. The minimum atomic E-state index is -0.270. The van der Waals surface area contributed by atoms with Gasteiger partial charge in [-0.25, -0.2) is 0 Å². The summed E-state index contributed by atoms with van der Waals surface area (Å²) in [6.45, 7) is 0. The molecule has 2 aromatic rings. The van der Waals surface area contributed by atoms with Crippen molar-refractivity contribution in [1.29, 1.82) is 0 Å². The summed E-state index contributed by atoms with van der Waals surface area (Å²) in [5, 5.41) is 11.9. The maximum Gasteiger partial charge on any atom is 0.324 e. The van der Waals surface area contributed by atoms with Crippen LogP contribution in [0.1, 0.15) is 0 Å². The first-order valence-electron chi connectivity index (χ1n) is 3.87. The molecule has 0 N–H and O–H groups in total. The molecule has 0 amide bonds. The summed E-state index contributed by atoms with van der Waals surface area (Å²) in [5.74, 6) is 0. The van der Waals surface area contributed by atoms with Crippen molar-refractivity contribution in [3.8, 4) is 0 Å². The number of fused-ring (bicyclic) bond motifs is 1. The molecule has 0 aromatic carbocycles. The minimum Gasteiger partial charge on any atom is -0.618 e. The van der Waals surface area contributed by atoms with Gasteiger partial charge >= 0.3 is 5.56 Å². The Hall–Kier alpha value is -1.84. The van der Waals surface area contributed by atoms with Gasteiger partial charge in [0.1, 0.15) is 0 Å². The third kappa shape index (κ3) is 1.07. The van der Waals surface area contributed by atoms with Gasteiger partial charge in [0, 0.05) is 19.3 Å². The Balaban J connectivity index is 3.06. The molecule has 0 saturated carbocycles. The van der Waals surface area contributed by atoms with Gasteiger partial charge < -0.3 is 9.77 Å². The monoisotopic (exact) mass is 176 g/mol. The van der Waals surface area contributed by atoms with Crippen molar-refractivity contribution in [2.75, 3.05) is 0 Å². The number of nitrogens with zero attached hydrogens (tertiary/aromatic N) is 2. The molecule has 0 radical (unpaired) electrons. The van der Waals surface area contributed by atoms with Crippen LogP contribution in [0.2, 0.25) is 0 Å². The van der Waals surface area contributed by atoms with E-state index in [2.05, 4.69) is 0 Å². The molecule has 0 aliphatic heterocycles. The van der Waals surface area contributed by atoms with Crippen molar-refractivity contribution in [1.82, 2.24) is 4.57 Å². The summed E-state index contributed by atoms with van der Waals surface area (Å²) < 4.78 is 1.98. The summed E-state index contributed by atoms with van der Waals surface area (Å²) >= 11 is 0. The molecule has 0 unspecified atom stereocenters. The van der Waals surface area contributed by atoms with E-state index < -0.39 is 0 Å². The molecule has 13 heavy (non-hydrogen) atoms. The van der Waals surface area contributed by atoms with Gasteiger partial charge in [-0.1, -0.05) is 0 Å². The van der Waals surface area contributed by atoms with Crippen LogP contribution in [0.15, 0.2) is 35.4 Å². The highest BCUT2D eigenvalue weighted by Gasteiger charge is 2.07. The number of hydrogen-bond acceptors (Lipinski definition) is 2. The fourth-order valence-electron chi connectivity index (χ4n) is 1.28. The lowest BCUT2D eigenvalue weighted by molar-refractivity contribution is -0.577. The molecule has 0 fully saturated rings. The zero-order valence-corrected chi connectivity index (χ0v) is 7.10. The highest BCUT2D eigenvalue weighted by Crippen LogP contribution is 2.02. The van der Waals surface area contributed by atoms with Gasteiger partial charge in [-0.3, -0.25) is 4.79 Å². The van der Waals surface area contributed by atoms with Crippen molar-refractivity contribution in [2.24, 2.45) is 7.05 Å². The molecule has 0 bridgehead atoms. The Morgan fingerprint density at radius 3 is 3.00 bits per heavy atom. The fraction of sp³-hybridized carbons (Fsp3) is 0.111. The van der Waals surface area contributed by atoms with Gasteiger partial charge in [-0.15, -0.1) is 0 Å². The maximum atomic E-state index is 11.5. The fourth-order valence-corrected chi connectivity index (χ4v) is 1.28. The molecule has 4 nitrogen and oxygen atoms in total. The van der Waals surface area contributed by atoms with E-state index in [9.17, 15) is 10.0 Å². The van der Waals surface area contributed by atoms with Crippen molar-refractivity contribution < 1.29 is 4.73 Å². The van der Waals surface area contributed by atoms with Crippen LogP contribution in [0.3, 0.4) is 0 Å². The van der Waals surface area contributed by atoms with Crippen LogP contribution < -0.4 is 10.3 Å². The molecule has 0 atom stereocenters. The van der Waals surface area contributed by atoms with Crippen LogP contribution in [0.5, 0.6) is 0 Å². The molecular weight excluding hydrogens is 168 g/mol. The van der Waals surface area contributed by atoms with Crippen LogP contribution in [-0.2, 0) is 7.05 Å². The summed E-state index contributed by atoms with van der Waals surface area (Å²) in [6, 6.07) is 5.10. The second-order valence-electron chi connectivity index (χ2n) is 2.87. The Kier molecular flexibility index (Phi) is 1.55. The van der Waals surface area contributed by atoms with E-state index in [1.807, 2.05) is 0 Å². The topological polar surface area (TPSA) is 48.9 Å². The number of pyridine rings is 2. The van der Waals surface area contributed by atoms with Crippen molar-refractivity contribution in [2.45, 2.75) is 0 Å². The number of rotatable bonds is 0. The van der Waals surface area contributed by atoms with E-state index in [1.165, 1.54) is 10.8 Å². The first kappa shape index (κ1) is 7.79. The Bertz CT molecular complexity index is 516. The van der Waals surface area contributed by atoms with Gasteiger partial charge in [-0.05, 0) is 12.1 Å². The molecule has 2 heterocycles. The molecule has 2 aromatic heterocycles. The highest BCUT2D eigenvalue weighted by molar-refractivity contribution is 5.73. The van der Waals surface area contributed by atoms with Crippen molar-refractivity contribution in [3.63, 3.8) is 0 Å². The Labute approximate surface area is 74.2 Å². The zero-order valence-electron chi connectivity index (χ0n) is 7.10. The van der Waals surface area contributed by atoms with Crippen molar-refractivity contribution >= 4 is 10.9 Å². The molecule has 0 saturated heterocycles. The summed E-state index contributed by atoms with van der Waals surface area (Å²) in [7, 11) is 1.62. The van der Waals surface area contributed by atoms with E-state index in [-0.39, 0.29) is 11.1 Å². The van der Waals surface area contributed by atoms with E-state index in [4.69, 9.17) is 0 Å². The molecule has 4 heteroatoms. The molecule has 66 valence electrons. The molecule has 2 rings (SSSR count). The van der Waals surface area contributed by atoms with Crippen LogP contribution >= 0.6 is 0 Å². The van der Waals surface area contributed by atoms with Gasteiger partial charge in [-0.2, -0.15) is 4.73 Å². The van der Waals surface area contributed by atoms with Crippen LogP contribution in [0.4, 0.5) is 0 Å². The molecule has 0 aliphatic carbocycles. The van der Waals surface area contributed by atoms with Gasteiger partial charge in [0.2, 0.25) is 0 Å². The Morgan fingerprint density at radius 2 is 2.23 bits per heavy atom. The predicted octanol–water partition coefficient (Wildman–Crippen LogP) is 0.172. The first-order valence-corrected chi connectivity index (χ1v) is 3.87. The normalized spacial score (nSPS) is 10.5. The van der Waals surface area contributed by atoms with Crippen LogP contribution in [0, 0.1) is 5.21 Å². The molecule has 0 spiro atoms. The van der Waals surface area contributed by atoms with E-state index in [1.54, 1.807) is 31.4 Å². The van der Waals surface area contributed by atoms with Crippen LogP contribution in [0.25, 0.3) is 10.9 Å². The van der Waals surface area contributed by atoms with Gasteiger partial charge in [0.25, 0.3) is 5.52 Å². The van der Waals surface area contributed by atoms with E-state index >= 15 is 0 Å². The van der Waals surface area contributed by atoms with E-state index in [0.29, 0.717) is 10.1 Å². The lowest BCUT2D eigenvalue weighted by Crippen LogP contribution is -2.34. The third-order valence-electron chi connectivity index (χ3n) is 1.99. The first-order chi connectivity index (χ1) is 6.20. The van der Waals surface area contributed by atoms with Gasteiger partial charge in [0.05, 0.1) is 5.39 Å². The number of aryl methyl sites for hydroxylation is 1. The quantitative estimate of drug-likeness (QED) is 0.424. The lowest BCUT2D eigenvalue weighted by Gasteiger charge is -2.01. The maximum absolute atomic E-state index is 11.5. The largest absolute Gasteiger partial charge is 0.618 e. The molecular formula is C9H8N2O2. The van der Waals surface area contributed by atoms with Crippen molar-refractivity contribution in [3.05, 3.63) is 46.2 Å². The minimum absolute atomic E-state index is 0.188. The van der Waals surface area contributed by atoms with Gasteiger partial charge in [0.15, 0.2) is 6.20 Å². The highest BCUT2D eigenvalue weighted by atomic mass is 16.5.